The molecule has 0 saturated heterocycles. The molecule has 0 aromatic heterocycles. The van der Waals surface area contributed by atoms with E-state index in [1.54, 1.807) is 11.8 Å². The Morgan fingerprint density at radius 1 is 0.963 bits per heavy atom. The van der Waals surface area contributed by atoms with Crippen LogP contribution in [0.3, 0.4) is 0 Å². The van der Waals surface area contributed by atoms with E-state index in [-0.39, 0.29) is 12.8 Å². The minimum absolute atomic E-state index is 0.257. The van der Waals surface area contributed by atoms with Crippen LogP contribution < -0.4 is 22.1 Å². The van der Waals surface area contributed by atoms with Gasteiger partial charge >= 0.3 is 11.9 Å². The molecular weight excluding hydrogens is 376 g/mol. The van der Waals surface area contributed by atoms with Crippen molar-refractivity contribution in [3.05, 3.63) is 0 Å². The van der Waals surface area contributed by atoms with Gasteiger partial charge in [0.2, 0.25) is 11.8 Å². The second kappa shape index (κ2) is 14.2. The van der Waals surface area contributed by atoms with Gasteiger partial charge in [-0.2, -0.15) is 11.8 Å². The van der Waals surface area contributed by atoms with Crippen LogP contribution in [0.2, 0.25) is 0 Å². The number of rotatable bonds is 15. The van der Waals surface area contributed by atoms with Crippen LogP contribution in [0.15, 0.2) is 0 Å². The lowest BCUT2D eigenvalue weighted by Gasteiger charge is -2.22. The molecule has 0 aliphatic heterocycles. The smallest absolute Gasteiger partial charge is 0.326 e. The molecule has 0 radical (unpaired) electrons. The summed E-state index contributed by atoms with van der Waals surface area (Å²) in [7, 11) is 0. The van der Waals surface area contributed by atoms with Gasteiger partial charge < -0.3 is 32.3 Å². The highest BCUT2D eigenvalue weighted by Crippen LogP contribution is 2.06. The Morgan fingerprint density at radius 3 is 2.11 bits per heavy atom. The third-order valence-electron chi connectivity index (χ3n) is 3.81. The number of carbonyl (C=O) groups is 4. The second-order valence-corrected chi connectivity index (χ2v) is 7.05. The number of nitrogens with two attached hydrogens (primary N) is 2. The van der Waals surface area contributed by atoms with Gasteiger partial charge in [0.15, 0.2) is 0 Å². The molecule has 0 heterocycles. The fourth-order valence-electron chi connectivity index (χ4n) is 2.21. The van der Waals surface area contributed by atoms with Crippen molar-refractivity contribution >= 4 is 35.5 Å². The third-order valence-corrected chi connectivity index (χ3v) is 4.46. The Hall–Kier alpha value is -1.85. The maximum atomic E-state index is 12.5. The monoisotopic (exact) mass is 406 g/mol. The Labute approximate surface area is 162 Å². The fraction of sp³-hybridized carbons (Fsp3) is 0.750. The van der Waals surface area contributed by atoms with Gasteiger partial charge in [0.1, 0.15) is 12.1 Å². The number of carboxylic acids is 2. The number of nitrogens with one attached hydrogen (secondary N) is 2. The van der Waals surface area contributed by atoms with Crippen LogP contribution in [0.5, 0.6) is 0 Å². The van der Waals surface area contributed by atoms with Gasteiger partial charge in [-0.15, -0.1) is 0 Å². The van der Waals surface area contributed by atoms with Crippen molar-refractivity contribution in [2.45, 2.75) is 56.7 Å². The maximum absolute atomic E-state index is 12.5. The van der Waals surface area contributed by atoms with E-state index in [0.717, 1.165) is 0 Å². The molecule has 0 aliphatic carbocycles. The maximum Gasteiger partial charge on any atom is 0.326 e. The summed E-state index contributed by atoms with van der Waals surface area (Å²) in [4.78, 5) is 46.5. The minimum atomic E-state index is -1.35. The summed E-state index contributed by atoms with van der Waals surface area (Å²) in [6.45, 7) is 0.423. The number of hydrogen-bond donors (Lipinski definition) is 6. The quantitative estimate of drug-likeness (QED) is 0.188. The first-order valence-corrected chi connectivity index (χ1v) is 10.1. The van der Waals surface area contributed by atoms with Gasteiger partial charge in [0.25, 0.3) is 0 Å². The van der Waals surface area contributed by atoms with E-state index in [0.29, 0.717) is 31.6 Å². The van der Waals surface area contributed by atoms with E-state index < -0.39 is 48.3 Å². The molecule has 0 aliphatic rings. The summed E-state index contributed by atoms with van der Waals surface area (Å²) in [5.41, 5.74) is 11.2. The molecule has 8 N–H and O–H groups in total. The van der Waals surface area contributed by atoms with E-state index in [1.807, 2.05) is 6.26 Å². The molecule has 156 valence electrons. The number of thioether (sulfide) groups is 1. The summed E-state index contributed by atoms with van der Waals surface area (Å²) in [5.74, 6) is -2.99. The van der Waals surface area contributed by atoms with Crippen molar-refractivity contribution in [2.75, 3.05) is 18.6 Å². The summed E-state index contributed by atoms with van der Waals surface area (Å²) in [6.07, 6.45) is 3.14. The predicted molar refractivity (Wildman–Crippen MR) is 102 cm³/mol. The molecule has 10 nitrogen and oxygen atoms in total. The molecule has 2 amide bonds. The van der Waals surface area contributed by atoms with Gasteiger partial charge in [0.05, 0.1) is 6.04 Å². The zero-order valence-electron chi connectivity index (χ0n) is 15.5. The van der Waals surface area contributed by atoms with Crippen molar-refractivity contribution in [3.8, 4) is 0 Å². The summed E-state index contributed by atoms with van der Waals surface area (Å²) in [6, 6.07) is -3.09. The Bertz CT molecular complexity index is 505. The summed E-state index contributed by atoms with van der Waals surface area (Å²) >= 11 is 1.54. The van der Waals surface area contributed by atoms with Gasteiger partial charge in [-0.3, -0.25) is 14.4 Å². The summed E-state index contributed by atoms with van der Waals surface area (Å²) in [5, 5.41) is 22.7. The molecule has 0 aromatic rings. The zero-order chi connectivity index (χ0) is 20.8. The van der Waals surface area contributed by atoms with Crippen molar-refractivity contribution < 1.29 is 29.4 Å². The fourth-order valence-corrected chi connectivity index (χ4v) is 2.70. The van der Waals surface area contributed by atoms with E-state index in [1.165, 1.54) is 0 Å². The lowest BCUT2D eigenvalue weighted by Crippen LogP contribution is -2.54. The second-order valence-electron chi connectivity index (χ2n) is 6.07. The number of amides is 2. The van der Waals surface area contributed by atoms with Crippen molar-refractivity contribution in [2.24, 2.45) is 11.5 Å². The van der Waals surface area contributed by atoms with Crippen LogP contribution in [0.4, 0.5) is 0 Å². The first-order valence-electron chi connectivity index (χ1n) is 8.72. The Kier molecular flexibility index (Phi) is 13.3. The zero-order valence-corrected chi connectivity index (χ0v) is 16.3. The molecular formula is C16H30N4O6S. The standard InChI is InChI=1S/C16H30N4O6S/c1-27-9-7-10(18)14(23)19-11(4-2-3-8-17)15(24)20-12(16(25)26)5-6-13(21)22/h10-12H,2-9,17-18H2,1H3,(H,19,23)(H,20,24)(H,21,22)(H,25,26). The van der Waals surface area contributed by atoms with Crippen LogP contribution in [-0.4, -0.2) is 70.6 Å². The van der Waals surface area contributed by atoms with Crippen LogP contribution in [0, 0.1) is 0 Å². The molecule has 11 heteroatoms. The molecule has 3 atom stereocenters. The van der Waals surface area contributed by atoms with Crippen molar-refractivity contribution in [1.82, 2.24) is 10.6 Å². The molecule has 0 fully saturated rings. The number of aliphatic carboxylic acids is 2. The first kappa shape index (κ1) is 25.1. The number of hydrogen-bond acceptors (Lipinski definition) is 7. The molecule has 0 rings (SSSR count). The molecule has 0 bridgehead atoms. The highest BCUT2D eigenvalue weighted by Gasteiger charge is 2.27. The number of carboxylic acid groups (broad SMARTS) is 2. The molecule has 0 spiro atoms. The minimum Gasteiger partial charge on any atom is -0.481 e. The highest BCUT2D eigenvalue weighted by atomic mass is 32.2. The van der Waals surface area contributed by atoms with Crippen LogP contribution in [0.1, 0.15) is 38.5 Å². The first-order chi connectivity index (χ1) is 12.7. The number of carbonyl (C=O) groups excluding carboxylic acids is 2. The lowest BCUT2D eigenvalue weighted by atomic mass is 10.1. The van der Waals surface area contributed by atoms with Crippen LogP contribution in [0.25, 0.3) is 0 Å². The number of unbranched alkanes of at least 4 members (excludes halogenated alkanes) is 1. The average molecular weight is 407 g/mol. The van der Waals surface area contributed by atoms with Gasteiger partial charge in [-0.1, -0.05) is 0 Å². The Balaban J connectivity index is 4.96. The Morgan fingerprint density at radius 2 is 1.59 bits per heavy atom. The largest absolute Gasteiger partial charge is 0.481 e. The van der Waals surface area contributed by atoms with E-state index in [2.05, 4.69) is 10.6 Å². The van der Waals surface area contributed by atoms with Gasteiger partial charge in [0, 0.05) is 6.42 Å². The third kappa shape index (κ3) is 11.5. The molecule has 0 saturated carbocycles. The molecule has 0 aromatic carbocycles. The molecule has 3 unspecified atom stereocenters. The van der Waals surface area contributed by atoms with Crippen LogP contribution in [-0.2, 0) is 19.2 Å². The summed E-state index contributed by atoms with van der Waals surface area (Å²) < 4.78 is 0. The normalized spacial score (nSPS) is 14.0. The molecule has 27 heavy (non-hydrogen) atoms. The average Bonchev–Trinajstić information content (AvgIpc) is 2.61. The predicted octanol–water partition coefficient (Wildman–Crippen LogP) is -0.885. The highest BCUT2D eigenvalue weighted by molar-refractivity contribution is 7.98. The SMILES string of the molecule is CSCCC(N)C(=O)NC(CCCCN)C(=O)NC(CCC(=O)O)C(=O)O. The van der Waals surface area contributed by atoms with Crippen molar-refractivity contribution in [3.63, 3.8) is 0 Å². The van der Waals surface area contributed by atoms with Gasteiger partial charge in [-0.25, -0.2) is 4.79 Å². The lowest BCUT2D eigenvalue weighted by molar-refractivity contribution is -0.143. The van der Waals surface area contributed by atoms with E-state index in [9.17, 15) is 19.2 Å². The van der Waals surface area contributed by atoms with Gasteiger partial charge in [-0.05, 0) is 50.7 Å². The van der Waals surface area contributed by atoms with E-state index >= 15 is 0 Å². The van der Waals surface area contributed by atoms with Crippen molar-refractivity contribution in [1.29, 1.82) is 0 Å². The van der Waals surface area contributed by atoms with Crippen LogP contribution >= 0.6 is 11.8 Å². The van der Waals surface area contributed by atoms with E-state index in [4.69, 9.17) is 21.7 Å². The topological polar surface area (TPSA) is 185 Å².